The van der Waals surface area contributed by atoms with E-state index in [1.165, 1.54) is 5.56 Å². The first-order valence-electron chi connectivity index (χ1n) is 8.97. The van der Waals surface area contributed by atoms with E-state index in [0.717, 1.165) is 23.7 Å². The van der Waals surface area contributed by atoms with Crippen molar-refractivity contribution in [2.75, 3.05) is 19.8 Å². The number of hydrogen-bond donors (Lipinski definition) is 2. The highest BCUT2D eigenvalue weighted by Crippen LogP contribution is 2.35. The number of para-hydroxylation sites is 1. The first kappa shape index (κ1) is 18.4. The van der Waals surface area contributed by atoms with Crippen LogP contribution in [0.15, 0.2) is 48.5 Å². The van der Waals surface area contributed by atoms with Gasteiger partial charge in [-0.2, -0.15) is 0 Å². The first-order chi connectivity index (χ1) is 13.1. The van der Waals surface area contributed by atoms with Crippen molar-refractivity contribution in [2.45, 2.75) is 18.3 Å². The van der Waals surface area contributed by atoms with Gasteiger partial charge in [-0.1, -0.05) is 53.5 Å². The van der Waals surface area contributed by atoms with Crippen molar-refractivity contribution in [1.29, 1.82) is 0 Å². The molecule has 2 N–H and O–H groups in total. The lowest BCUT2D eigenvalue weighted by atomic mass is 9.74. The van der Waals surface area contributed by atoms with Gasteiger partial charge in [0, 0.05) is 41.1 Å². The lowest BCUT2D eigenvalue weighted by molar-refractivity contribution is 0.0487. The molecule has 140 valence electrons. The third-order valence-electron chi connectivity index (χ3n) is 5.36. The number of H-pyrrole nitrogens is 1. The molecule has 0 bridgehead atoms. The summed E-state index contributed by atoms with van der Waals surface area (Å²) in [5, 5.41) is 5.09. The number of ether oxygens (including phenoxy) is 1. The smallest absolute Gasteiger partial charge is 0.269 e. The van der Waals surface area contributed by atoms with Crippen LogP contribution in [0, 0.1) is 0 Å². The van der Waals surface area contributed by atoms with Crippen molar-refractivity contribution in [2.24, 2.45) is 0 Å². The fraction of sp³-hybridized carbons (Fsp3) is 0.286. The third-order valence-corrected chi connectivity index (χ3v) is 6.01. The molecule has 6 heteroatoms. The Morgan fingerprint density at radius 1 is 1.07 bits per heavy atom. The Kier molecular flexibility index (Phi) is 5.13. The van der Waals surface area contributed by atoms with Gasteiger partial charge in [0.15, 0.2) is 0 Å². The van der Waals surface area contributed by atoms with Crippen molar-refractivity contribution in [3.05, 3.63) is 69.8 Å². The molecule has 1 aliphatic heterocycles. The maximum Gasteiger partial charge on any atom is 0.269 e. The van der Waals surface area contributed by atoms with Crippen LogP contribution in [-0.2, 0) is 10.2 Å². The van der Waals surface area contributed by atoms with E-state index < -0.39 is 0 Å². The molecule has 1 saturated heterocycles. The summed E-state index contributed by atoms with van der Waals surface area (Å²) in [4.78, 5) is 16.0. The van der Waals surface area contributed by atoms with Crippen molar-refractivity contribution in [1.82, 2.24) is 10.3 Å². The summed E-state index contributed by atoms with van der Waals surface area (Å²) in [6.45, 7) is 1.86. The van der Waals surface area contributed by atoms with Crippen molar-refractivity contribution in [3.8, 4) is 0 Å². The van der Waals surface area contributed by atoms with Crippen LogP contribution in [0.5, 0.6) is 0 Å². The van der Waals surface area contributed by atoms with E-state index in [1.807, 2.05) is 48.5 Å². The highest BCUT2D eigenvalue weighted by molar-refractivity contribution is 6.38. The Balaban J connectivity index is 1.57. The summed E-state index contributed by atoms with van der Waals surface area (Å²) in [7, 11) is 0. The van der Waals surface area contributed by atoms with E-state index in [2.05, 4.69) is 10.3 Å². The van der Waals surface area contributed by atoms with Gasteiger partial charge in [0.2, 0.25) is 0 Å². The molecule has 4 nitrogen and oxygen atoms in total. The molecule has 4 rings (SSSR count). The maximum atomic E-state index is 12.8. The largest absolute Gasteiger partial charge is 0.381 e. The minimum Gasteiger partial charge on any atom is -0.381 e. The Labute approximate surface area is 167 Å². The molecule has 2 heterocycles. The number of aromatic amines is 1. The molecule has 0 saturated carbocycles. The summed E-state index contributed by atoms with van der Waals surface area (Å²) in [6, 6.07) is 15.5. The second-order valence-corrected chi connectivity index (χ2v) is 7.76. The second kappa shape index (κ2) is 7.55. The van der Waals surface area contributed by atoms with Crippen molar-refractivity contribution in [3.63, 3.8) is 0 Å². The first-order valence-corrected chi connectivity index (χ1v) is 9.73. The number of benzene rings is 2. The topological polar surface area (TPSA) is 54.1 Å². The number of fused-ring (bicyclic) bond motifs is 1. The number of nitrogens with one attached hydrogen (secondary N) is 2. The average molecular weight is 403 g/mol. The van der Waals surface area contributed by atoms with Crippen LogP contribution in [0.3, 0.4) is 0 Å². The number of carbonyl (C=O) groups excluding carboxylic acids is 1. The molecular weight excluding hydrogens is 383 g/mol. The SMILES string of the molecule is O=C(NCC1(c2ccc(Cl)cc2)CCOCC1)c1[nH]c2ccccc2c1Cl. The predicted octanol–water partition coefficient (Wildman–Crippen LogP) is 4.95. The van der Waals surface area contributed by atoms with Gasteiger partial charge >= 0.3 is 0 Å². The third kappa shape index (κ3) is 3.57. The van der Waals surface area contributed by atoms with Crippen LogP contribution in [0.25, 0.3) is 10.9 Å². The molecule has 1 aromatic heterocycles. The highest BCUT2D eigenvalue weighted by atomic mass is 35.5. The molecule has 27 heavy (non-hydrogen) atoms. The number of rotatable bonds is 4. The van der Waals surface area contributed by atoms with E-state index in [-0.39, 0.29) is 11.3 Å². The Hall–Kier alpha value is -2.01. The van der Waals surface area contributed by atoms with Crippen molar-refractivity contribution < 1.29 is 9.53 Å². The van der Waals surface area contributed by atoms with Gasteiger partial charge < -0.3 is 15.0 Å². The molecule has 0 aliphatic carbocycles. The zero-order valence-corrected chi connectivity index (χ0v) is 16.2. The van der Waals surface area contributed by atoms with Crippen LogP contribution in [0.4, 0.5) is 0 Å². The van der Waals surface area contributed by atoms with Gasteiger partial charge in [-0.25, -0.2) is 0 Å². The summed E-state index contributed by atoms with van der Waals surface area (Å²) >= 11 is 12.5. The Morgan fingerprint density at radius 2 is 1.78 bits per heavy atom. The normalized spacial score (nSPS) is 16.4. The van der Waals surface area contributed by atoms with Crippen molar-refractivity contribution >= 4 is 40.0 Å². The Bertz CT molecular complexity index is 960. The molecule has 0 atom stereocenters. The lowest BCUT2D eigenvalue weighted by Gasteiger charge is -2.38. The zero-order chi connectivity index (χ0) is 18.9. The molecule has 3 aromatic rings. The minimum atomic E-state index is -0.198. The van der Waals surface area contributed by atoms with Crippen LogP contribution in [-0.4, -0.2) is 30.6 Å². The Morgan fingerprint density at radius 3 is 2.48 bits per heavy atom. The molecule has 0 spiro atoms. The number of halogens is 2. The summed E-state index contributed by atoms with van der Waals surface area (Å²) < 4.78 is 5.55. The van der Waals surface area contributed by atoms with Gasteiger partial charge in [0.05, 0.1) is 5.02 Å². The summed E-state index contributed by atoms with van der Waals surface area (Å²) in [6.07, 6.45) is 1.69. The molecular formula is C21H20Cl2N2O2. The predicted molar refractivity (Wildman–Crippen MR) is 109 cm³/mol. The van der Waals surface area contributed by atoms with E-state index in [0.29, 0.717) is 35.5 Å². The van der Waals surface area contributed by atoms with Gasteiger partial charge in [0.1, 0.15) is 5.69 Å². The average Bonchev–Trinajstić information content (AvgIpc) is 3.04. The zero-order valence-electron chi connectivity index (χ0n) is 14.7. The van der Waals surface area contributed by atoms with Crippen LogP contribution < -0.4 is 5.32 Å². The fourth-order valence-electron chi connectivity index (χ4n) is 3.74. The van der Waals surface area contributed by atoms with E-state index in [1.54, 1.807) is 0 Å². The van der Waals surface area contributed by atoms with Crippen LogP contribution >= 0.6 is 23.2 Å². The van der Waals surface area contributed by atoms with Gasteiger partial charge in [-0.15, -0.1) is 0 Å². The van der Waals surface area contributed by atoms with Gasteiger partial charge in [0.25, 0.3) is 5.91 Å². The van der Waals surface area contributed by atoms with E-state index >= 15 is 0 Å². The van der Waals surface area contributed by atoms with Crippen LogP contribution in [0.1, 0.15) is 28.9 Å². The molecule has 0 radical (unpaired) electrons. The summed E-state index contributed by atoms with van der Waals surface area (Å²) in [5.74, 6) is -0.198. The van der Waals surface area contributed by atoms with E-state index in [4.69, 9.17) is 27.9 Å². The molecule has 0 unspecified atom stereocenters. The van der Waals surface area contributed by atoms with E-state index in [9.17, 15) is 4.79 Å². The lowest BCUT2D eigenvalue weighted by Crippen LogP contribution is -2.44. The second-order valence-electron chi connectivity index (χ2n) is 6.94. The monoisotopic (exact) mass is 402 g/mol. The van der Waals surface area contributed by atoms with Gasteiger partial charge in [-0.3, -0.25) is 4.79 Å². The molecule has 2 aromatic carbocycles. The summed E-state index contributed by atoms with van der Waals surface area (Å²) in [5.41, 5.74) is 2.25. The molecule has 1 fully saturated rings. The fourth-order valence-corrected chi connectivity index (χ4v) is 4.16. The highest BCUT2D eigenvalue weighted by Gasteiger charge is 2.35. The number of carbonyl (C=O) groups is 1. The number of aromatic nitrogens is 1. The minimum absolute atomic E-state index is 0.170. The van der Waals surface area contributed by atoms with Crippen LogP contribution in [0.2, 0.25) is 10.0 Å². The molecule has 1 amide bonds. The number of amides is 1. The van der Waals surface area contributed by atoms with Gasteiger partial charge in [-0.05, 0) is 36.6 Å². The standard InChI is InChI=1S/C21H20Cl2N2O2/c22-15-7-5-14(6-8-15)21(9-11-27-12-10-21)13-24-20(26)19-18(23)16-3-1-2-4-17(16)25-19/h1-8,25H,9-13H2,(H,24,26). The quantitative estimate of drug-likeness (QED) is 0.648. The maximum absolute atomic E-state index is 12.8. The molecule has 1 aliphatic rings. The number of hydrogen-bond acceptors (Lipinski definition) is 2.